The number of ketones is 1. The molecule has 2 aliphatic heterocycles. The van der Waals surface area contributed by atoms with Crippen molar-refractivity contribution in [2.75, 3.05) is 18.0 Å². The lowest BCUT2D eigenvalue weighted by Gasteiger charge is -2.44. The molecule has 1 N–H and O–H groups in total. The number of Topliss-reactive ketones (excluding diaryl/α,β-unsaturated/α-hetero) is 1. The number of hydrogen-bond donors (Lipinski definition) is 1. The average Bonchev–Trinajstić information content (AvgIpc) is 2.68. The number of carbonyl (C=O) groups is 2. The monoisotopic (exact) mass is 365 g/mol. The molecule has 2 aromatic rings. The summed E-state index contributed by atoms with van der Waals surface area (Å²) >= 11 is 0. The van der Waals surface area contributed by atoms with Crippen molar-refractivity contribution >= 4 is 23.8 Å². The van der Waals surface area contributed by atoms with Crippen molar-refractivity contribution in [3.63, 3.8) is 0 Å². The molecule has 3 heterocycles. The standard InChI is InChI=1S/C20H19N3O4/c24-16-13-20(6-10-23(11-7-20)19-21-8-1-9-22-19)27-17-4-2-14(12-15(16)17)3-5-18(25)26/h1-5,8-9,12H,6-7,10-11,13H2,(H,25,26). The highest BCUT2D eigenvalue weighted by Gasteiger charge is 2.43. The first-order valence-corrected chi connectivity index (χ1v) is 8.84. The normalized spacial score (nSPS) is 18.4. The van der Waals surface area contributed by atoms with Crippen molar-refractivity contribution in [2.45, 2.75) is 24.9 Å². The topological polar surface area (TPSA) is 92.6 Å². The third-order valence-corrected chi connectivity index (χ3v) is 5.04. The van der Waals surface area contributed by atoms with Gasteiger partial charge in [0.05, 0.1) is 12.0 Å². The van der Waals surface area contributed by atoms with Gasteiger partial charge in [0.15, 0.2) is 5.78 Å². The molecule has 7 heteroatoms. The summed E-state index contributed by atoms with van der Waals surface area (Å²) in [4.78, 5) is 34.1. The Morgan fingerprint density at radius 1 is 1.22 bits per heavy atom. The van der Waals surface area contributed by atoms with Gasteiger partial charge in [0.2, 0.25) is 5.95 Å². The molecule has 1 fully saturated rings. The quantitative estimate of drug-likeness (QED) is 0.836. The van der Waals surface area contributed by atoms with Crippen LogP contribution in [0.1, 0.15) is 35.2 Å². The molecule has 1 aromatic carbocycles. The largest absolute Gasteiger partial charge is 0.486 e. The van der Waals surface area contributed by atoms with Crippen LogP contribution in [-0.4, -0.2) is 45.5 Å². The summed E-state index contributed by atoms with van der Waals surface area (Å²) in [6, 6.07) is 6.99. The van der Waals surface area contributed by atoms with Gasteiger partial charge < -0.3 is 14.7 Å². The van der Waals surface area contributed by atoms with Gasteiger partial charge >= 0.3 is 5.97 Å². The molecular weight excluding hydrogens is 346 g/mol. The number of aliphatic carboxylic acids is 1. The van der Waals surface area contributed by atoms with E-state index in [-0.39, 0.29) is 5.78 Å². The fraction of sp³-hybridized carbons (Fsp3) is 0.300. The van der Waals surface area contributed by atoms with E-state index in [9.17, 15) is 9.59 Å². The van der Waals surface area contributed by atoms with Crippen LogP contribution in [0.3, 0.4) is 0 Å². The Labute approximate surface area is 156 Å². The first-order valence-electron chi connectivity index (χ1n) is 8.84. The number of carbonyl (C=O) groups excluding carboxylic acids is 1. The number of hydrogen-bond acceptors (Lipinski definition) is 6. The third-order valence-electron chi connectivity index (χ3n) is 5.04. The molecule has 2 aliphatic rings. The first kappa shape index (κ1) is 17.2. The van der Waals surface area contributed by atoms with E-state index in [4.69, 9.17) is 9.84 Å². The Morgan fingerprint density at radius 2 is 1.96 bits per heavy atom. The average molecular weight is 365 g/mol. The fourth-order valence-corrected chi connectivity index (χ4v) is 3.63. The van der Waals surface area contributed by atoms with Gasteiger partial charge in [-0.1, -0.05) is 6.07 Å². The Balaban J connectivity index is 1.51. The van der Waals surface area contributed by atoms with Gasteiger partial charge in [-0.2, -0.15) is 0 Å². The van der Waals surface area contributed by atoms with Gasteiger partial charge in [-0.05, 0) is 29.8 Å². The number of carboxylic acids is 1. The van der Waals surface area contributed by atoms with Crippen molar-refractivity contribution in [3.05, 3.63) is 53.9 Å². The number of nitrogens with zero attached hydrogens (tertiary/aromatic N) is 3. The second-order valence-electron chi connectivity index (χ2n) is 6.85. The predicted molar refractivity (Wildman–Crippen MR) is 98.9 cm³/mol. The lowest BCUT2D eigenvalue weighted by molar-refractivity contribution is -0.131. The zero-order chi connectivity index (χ0) is 18.9. The lowest BCUT2D eigenvalue weighted by atomic mass is 9.82. The van der Waals surface area contributed by atoms with Crippen LogP contribution >= 0.6 is 0 Å². The number of ether oxygens (including phenoxy) is 1. The number of anilines is 1. The number of piperidine rings is 1. The second-order valence-corrected chi connectivity index (χ2v) is 6.85. The summed E-state index contributed by atoms with van der Waals surface area (Å²) in [6.45, 7) is 1.46. The van der Waals surface area contributed by atoms with E-state index in [0.717, 1.165) is 32.0 Å². The molecule has 0 amide bonds. The molecule has 4 rings (SSSR count). The molecular formula is C20H19N3O4. The number of rotatable bonds is 3. The van der Waals surface area contributed by atoms with E-state index in [0.29, 0.717) is 29.2 Å². The van der Waals surface area contributed by atoms with Crippen molar-refractivity contribution in [1.29, 1.82) is 0 Å². The molecule has 0 radical (unpaired) electrons. The van der Waals surface area contributed by atoms with Gasteiger partial charge in [0.1, 0.15) is 11.4 Å². The zero-order valence-electron chi connectivity index (χ0n) is 14.7. The van der Waals surface area contributed by atoms with Crippen LogP contribution in [-0.2, 0) is 4.79 Å². The summed E-state index contributed by atoms with van der Waals surface area (Å²) in [6.07, 6.45) is 7.74. The predicted octanol–water partition coefficient (Wildman–Crippen LogP) is 2.58. The molecule has 0 unspecified atom stereocenters. The minimum Gasteiger partial charge on any atom is -0.486 e. The van der Waals surface area contributed by atoms with Crippen LogP contribution in [0.5, 0.6) is 5.75 Å². The SMILES string of the molecule is O=C(O)C=Cc1ccc2c(c1)C(=O)CC1(CCN(c3ncccn3)CC1)O2. The molecule has 7 nitrogen and oxygen atoms in total. The van der Waals surface area contributed by atoms with Crippen LogP contribution in [0.4, 0.5) is 5.95 Å². The minimum absolute atomic E-state index is 0.0336. The molecule has 0 bridgehead atoms. The summed E-state index contributed by atoms with van der Waals surface area (Å²) in [5, 5.41) is 8.74. The van der Waals surface area contributed by atoms with Crippen molar-refractivity contribution in [2.24, 2.45) is 0 Å². The van der Waals surface area contributed by atoms with Gasteiger partial charge in [-0.15, -0.1) is 0 Å². The first-order chi connectivity index (χ1) is 13.0. The number of carboxylic acid groups (broad SMARTS) is 1. The molecule has 0 aliphatic carbocycles. The lowest BCUT2D eigenvalue weighted by Crippen LogP contribution is -2.51. The van der Waals surface area contributed by atoms with Gasteiger partial charge in [0.25, 0.3) is 0 Å². The summed E-state index contributed by atoms with van der Waals surface area (Å²) in [7, 11) is 0. The second kappa shape index (κ2) is 6.83. The van der Waals surface area contributed by atoms with Crippen LogP contribution in [0.2, 0.25) is 0 Å². The summed E-state index contributed by atoms with van der Waals surface area (Å²) < 4.78 is 6.27. The smallest absolute Gasteiger partial charge is 0.328 e. The molecule has 1 saturated heterocycles. The molecule has 1 aromatic heterocycles. The third kappa shape index (κ3) is 3.53. The van der Waals surface area contributed by atoms with E-state index < -0.39 is 11.6 Å². The van der Waals surface area contributed by atoms with E-state index in [2.05, 4.69) is 14.9 Å². The molecule has 27 heavy (non-hydrogen) atoms. The Bertz CT molecular complexity index is 903. The zero-order valence-corrected chi connectivity index (χ0v) is 14.7. The van der Waals surface area contributed by atoms with E-state index in [1.54, 1.807) is 36.7 Å². The minimum atomic E-state index is -1.02. The number of benzene rings is 1. The highest BCUT2D eigenvalue weighted by atomic mass is 16.5. The van der Waals surface area contributed by atoms with Gasteiger partial charge in [-0.3, -0.25) is 4.79 Å². The van der Waals surface area contributed by atoms with E-state index in [1.807, 2.05) is 0 Å². The van der Waals surface area contributed by atoms with Crippen LogP contribution in [0.15, 0.2) is 42.7 Å². The maximum atomic E-state index is 12.7. The fourth-order valence-electron chi connectivity index (χ4n) is 3.63. The van der Waals surface area contributed by atoms with Crippen LogP contribution in [0, 0.1) is 0 Å². The van der Waals surface area contributed by atoms with Crippen LogP contribution < -0.4 is 9.64 Å². The van der Waals surface area contributed by atoms with E-state index in [1.165, 1.54) is 6.08 Å². The van der Waals surface area contributed by atoms with E-state index >= 15 is 0 Å². The summed E-state index contributed by atoms with van der Waals surface area (Å²) in [5.74, 6) is 0.280. The maximum Gasteiger partial charge on any atom is 0.328 e. The number of fused-ring (bicyclic) bond motifs is 1. The number of aromatic nitrogens is 2. The highest BCUT2D eigenvalue weighted by Crippen LogP contribution is 2.40. The summed E-state index contributed by atoms with van der Waals surface area (Å²) in [5.41, 5.74) is 0.690. The Kier molecular flexibility index (Phi) is 4.35. The Hall–Kier alpha value is -3.22. The van der Waals surface area contributed by atoms with Gasteiger partial charge in [0, 0.05) is 44.4 Å². The molecule has 138 valence electrons. The van der Waals surface area contributed by atoms with Crippen molar-refractivity contribution < 1.29 is 19.4 Å². The molecule has 1 spiro atoms. The molecule has 0 atom stereocenters. The Morgan fingerprint density at radius 3 is 2.67 bits per heavy atom. The highest BCUT2D eigenvalue weighted by molar-refractivity contribution is 6.01. The molecule has 0 saturated carbocycles. The maximum absolute atomic E-state index is 12.7. The van der Waals surface area contributed by atoms with Crippen LogP contribution in [0.25, 0.3) is 6.08 Å². The van der Waals surface area contributed by atoms with Gasteiger partial charge in [-0.25, -0.2) is 14.8 Å². The van der Waals surface area contributed by atoms with Crippen molar-refractivity contribution in [1.82, 2.24) is 9.97 Å². The van der Waals surface area contributed by atoms with Crippen molar-refractivity contribution in [3.8, 4) is 5.75 Å².